The number of sulfonamides is 1. The Balaban J connectivity index is 0. The second-order valence-corrected chi connectivity index (χ2v) is 7.95. The Morgan fingerprint density at radius 3 is 2.23 bits per heavy atom. The molecule has 0 aliphatic rings. The number of halogens is 5. The Morgan fingerprint density at radius 1 is 1.09 bits per heavy atom. The molecule has 2 aromatic carbocycles. The number of imidazole rings is 1. The molecule has 1 atom stereocenters. The molecular formula is C20H23AcF5N5O3S-. The molecule has 4 N–H and O–H groups in total. The van der Waals surface area contributed by atoms with E-state index in [1.807, 2.05) is 0 Å². The number of hydrogen-bond acceptors (Lipinski definition) is 4. The van der Waals surface area contributed by atoms with E-state index in [1.165, 1.54) is 24.5 Å². The maximum atomic E-state index is 12.5. The molecule has 0 bridgehead atoms. The molecular weight excluding hydrogens is 712 g/mol. The number of H-pyrrole nitrogens is 1. The summed E-state index contributed by atoms with van der Waals surface area (Å²) in [6.07, 6.45) is 3.26. The van der Waals surface area contributed by atoms with Crippen LogP contribution in [0.4, 0.5) is 34.1 Å². The minimum atomic E-state index is -3.73. The molecule has 1 heterocycles. The van der Waals surface area contributed by atoms with Crippen LogP contribution < -0.4 is 10.0 Å². The average Bonchev–Trinajstić information content (AvgIpc) is 3.38. The van der Waals surface area contributed by atoms with E-state index in [9.17, 15) is 17.6 Å². The molecule has 15 heteroatoms. The molecule has 191 valence electrons. The predicted molar refractivity (Wildman–Crippen MR) is 119 cm³/mol. The maximum absolute atomic E-state index is 12.5. The smallest absolute Gasteiger partial charge is 0.261 e. The molecule has 0 saturated carbocycles. The van der Waals surface area contributed by atoms with Crippen molar-refractivity contribution >= 4 is 27.3 Å². The van der Waals surface area contributed by atoms with Crippen LogP contribution in [-0.2, 0) is 21.2 Å². The van der Waals surface area contributed by atoms with E-state index in [1.54, 1.807) is 43.5 Å². The first-order chi connectivity index (χ1) is 16.3. The summed E-state index contributed by atoms with van der Waals surface area (Å²) in [5, 5.41) is 2.69. The van der Waals surface area contributed by atoms with Crippen molar-refractivity contribution in [2.45, 2.75) is 24.3 Å². The molecule has 35 heavy (non-hydrogen) atoms. The van der Waals surface area contributed by atoms with Gasteiger partial charge in [0.1, 0.15) is 0 Å². The summed E-state index contributed by atoms with van der Waals surface area (Å²) >= 11 is 0. The fourth-order valence-electron chi connectivity index (χ4n) is 2.56. The minimum Gasteiger partial charge on any atom is -0.666 e. The van der Waals surface area contributed by atoms with Crippen LogP contribution in [0.5, 0.6) is 0 Å². The van der Waals surface area contributed by atoms with Crippen LogP contribution in [0.3, 0.4) is 0 Å². The molecule has 3 aromatic rings. The molecule has 0 fully saturated rings. The monoisotopic (exact) mass is 735 g/mol. The molecule has 1 aromatic heterocycles. The first-order valence-electron chi connectivity index (χ1n) is 9.19. The van der Waals surface area contributed by atoms with E-state index in [0.29, 0.717) is 24.2 Å². The van der Waals surface area contributed by atoms with Crippen molar-refractivity contribution in [3.8, 4) is 0 Å². The van der Waals surface area contributed by atoms with Gasteiger partial charge < -0.3 is 16.0 Å². The topological polar surface area (TPSA) is 128 Å². The molecule has 1 amide bonds. The first-order valence-corrected chi connectivity index (χ1v) is 10.7. The zero-order chi connectivity index (χ0) is 26.1. The van der Waals surface area contributed by atoms with Crippen molar-refractivity contribution in [1.29, 1.82) is 0 Å². The fourth-order valence-corrected chi connectivity index (χ4v) is 3.63. The van der Waals surface area contributed by atoms with Gasteiger partial charge in [0.25, 0.3) is 10.0 Å². The Bertz CT molecular complexity index is 1080. The van der Waals surface area contributed by atoms with Gasteiger partial charge in [0, 0.05) is 79.9 Å². The molecule has 0 aliphatic carbocycles. The maximum Gasteiger partial charge on any atom is 0.261 e. The number of aromatic amines is 1. The third kappa shape index (κ3) is 11.9. The van der Waals surface area contributed by atoms with Gasteiger partial charge in [-0.1, -0.05) is 30.3 Å². The van der Waals surface area contributed by atoms with E-state index in [2.05, 4.69) is 20.0 Å². The number of alkyl halides is 1. The predicted octanol–water partition coefficient (Wildman–Crippen LogP) is 5.39. The third-order valence-corrected chi connectivity index (χ3v) is 5.49. The van der Waals surface area contributed by atoms with E-state index >= 15 is 0 Å². The number of nitrogens with zero attached hydrogens (tertiary/aromatic N) is 1. The Hall–Kier alpha value is -2.08. The van der Waals surface area contributed by atoms with Gasteiger partial charge in [-0.3, -0.25) is 13.9 Å². The second-order valence-electron chi connectivity index (χ2n) is 6.27. The standard InChI is InChI=1S/C19H20N5O3S.CH3F.Ac.2F2/c1-13-7-8-14(24-28(26,27)16-5-3-2-4-6-16)10-18(13)23-19(25)17(20)9-15-11-21-12-22-15;1-2;;2*1-2/h2-8,10-12,17,20,24H,9H2,1H3,(H,21,22)(H,23,25);1H3;;;/q-1;;;;/t17-;;;;/m0..../s1. The van der Waals surface area contributed by atoms with Gasteiger partial charge >= 0.3 is 0 Å². The summed E-state index contributed by atoms with van der Waals surface area (Å²) in [5.74, 6) is -0.485. The third-order valence-electron chi connectivity index (χ3n) is 4.10. The molecule has 3 rings (SSSR count). The zero-order valence-electron chi connectivity index (χ0n) is 18.6. The van der Waals surface area contributed by atoms with Gasteiger partial charge in [-0.2, -0.15) is 0 Å². The van der Waals surface area contributed by atoms with Crippen LogP contribution >= 0.6 is 0 Å². The number of aromatic nitrogens is 2. The summed E-state index contributed by atoms with van der Waals surface area (Å²) < 4.78 is 68.9. The number of carbonyl (C=O) groups excluding carboxylic acids is 1. The van der Waals surface area contributed by atoms with Gasteiger partial charge in [-0.15, -0.1) is 0 Å². The number of nitrogens with one attached hydrogen (secondary N) is 4. The number of carbonyl (C=O) groups is 1. The van der Waals surface area contributed by atoms with Gasteiger partial charge in [-0.25, -0.2) is 13.4 Å². The van der Waals surface area contributed by atoms with Crippen LogP contribution in [0.25, 0.3) is 5.73 Å². The van der Waals surface area contributed by atoms with Gasteiger partial charge in [0.2, 0.25) is 5.91 Å². The first kappa shape index (κ1) is 35.1. The van der Waals surface area contributed by atoms with E-state index in [-0.39, 0.29) is 55.4 Å². The SMILES string of the molecule is CF.Cc1ccc(NS(=O)(=O)c2ccccc2)cc1NC(=O)[C@@H]([NH-])Cc1cnc[nH]1.FF.FF.[Ac]. The Labute approximate surface area is 235 Å². The van der Waals surface area contributed by atoms with Crippen LogP contribution in [0.1, 0.15) is 11.3 Å². The molecule has 0 unspecified atom stereocenters. The fraction of sp³-hybridized carbons (Fsp3) is 0.200. The number of hydrogen-bond donors (Lipinski definition) is 3. The quantitative estimate of drug-likeness (QED) is 0.282. The summed E-state index contributed by atoms with van der Waals surface area (Å²) in [6.45, 7) is 1.79. The summed E-state index contributed by atoms with van der Waals surface area (Å²) in [5.41, 5.74) is 10.2. The average molecular weight is 735 g/mol. The number of benzene rings is 2. The van der Waals surface area contributed by atoms with Crippen LogP contribution in [-0.4, -0.2) is 37.5 Å². The molecule has 0 aliphatic heterocycles. The summed E-state index contributed by atoms with van der Waals surface area (Å²) in [7, 11) is -3.23. The van der Waals surface area contributed by atoms with Crippen molar-refractivity contribution in [2.75, 3.05) is 17.2 Å². The number of amides is 1. The second kappa shape index (κ2) is 19.2. The van der Waals surface area contributed by atoms with Crippen molar-refractivity contribution in [3.05, 3.63) is 78.0 Å². The van der Waals surface area contributed by atoms with Crippen molar-refractivity contribution in [3.63, 3.8) is 0 Å². The number of aryl methyl sites for hydroxylation is 1. The van der Waals surface area contributed by atoms with Crippen LogP contribution in [0, 0.1) is 51.0 Å². The summed E-state index contributed by atoms with van der Waals surface area (Å²) in [6, 6.07) is 11.9. The zero-order valence-corrected chi connectivity index (χ0v) is 24.2. The van der Waals surface area contributed by atoms with Crippen molar-refractivity contribution < 1.29 is 80.0 Å². The molecule has 8 nitrogen and oxygen atoms in total. The van der Waals surface area contributed by atoms with Crippen LogP contribution in [0.2, 0.25) is 0 Å². The van der Waals surface area contributed by atoms with E-state index in [4.69, 9.17) is 24.0 Å². The summed E-state index contributed by atoms with van der Waals surface area (Å²) in [4.78, 5) is 19.2. The Kier molecular flexibility index (Phi) is 19.2. The van der Waals surface area contributed by atoms with Crippen molar-refractivity contribution in [1.82, 2.24) is 9.97 Å². The molecule has 0 spiro atoms. The molecule has 1 radical (unpaired) electrons. The van der Waals surface area contributed by atoms with E-state index < -0.39 is 22.0 Å². The van der Waals surface area contributed by atoms with Crippen LogP contribution in [0.15, 0.2) is 66.0 Å². The largest absolute Gasteiger partial charge is 0.666 e. The number of anilines is 2. The van der Waals surface area contributed by atoms with E-state index in [0.717, 1.165) is 5.56 Å². The van der Waals surface area contributed by atoms with Crippen molar-refractivity contribution in [2.24, 2.45) is 0 Å². The van der Waals surface area contributed by atoms with Gasteiger partial charge in [0.15, 0.2) is 0 Å². The number of rotatable bonds is 7. The van der Waals surface area contributed by atoms with Gasteiger partial charge in [-0.05, 0) is 43.2 Å². The Morgan fingerprint density at radius 2 is 1.69 bits per heavy atom. The normalized spacial score (nSPS) is 10.4. The molecule has 0 saturated heterocycles. The minimum absolute atomic E-state index is 0. The van der Waals surface area contributed by atoms with Gasteiger partial charge in [0.05, 0.1) is 24.1 Å².